The molecule has 110 valence electrons. The van der Waals surface area contributed by atoms with Crippen LogP contribution < -0.4 is 4.74 Å². The lowest BCUT2D eigenvalue weighted by Crippen LogP contribution is -2.21. The summed E-state index contributed by atoms with van der Waals surface area (Å²) in [6.07, 6.45) is 2.15. The van der Waals surface area contributed by atoms with Crippen LogP contribution in [0.25, 0.3) is 0 Å². The van der Waals surface area contributed by atoms with E-state index in [0.717, 1.165) is 32.7 Å². The fourth-order valence-electron chi connectivity index (χ4n) is 2.26. The van der Waals surface area contributed by atoms with Gasteiger partial charge in [-0.3, -0.25) is 4.79 Å². The van der Waals surface area contributed by atoms with Gasteiger partial charge in [0.15, 0.2) is 5.78 Å². The number of Topliss-reactive ketones (excluding diaryl/α,β-unsaturated/α-hetero) is 1. The van der Waals surface area contributed by atoms with E-state index in [1.807, 2.05) is 18.2 Å². The van der Waals surface area contributed by atoms with Gasteiger partial charge in [0, 0.05) is 19.8 Å². The second kappa shape index (κ2) is 8.02. The maximum absolute atomic E-state index is 11.4. The molecule has 1 aromatic carbocycles. The Labute approximate surface area is 120 Å². The molecule has 1 aromatic rings. The summed E-state index contributed by atoms with van der Waals surface area (Å²) in [5.74, 6) is 1.26. The van der Waals surface area contributed by atoms with Crippen molar-refractivity contribution in [2.75, 3.05) is 33.0 Å². The van der Waals surface area contributed by atoms with Gasteiger partial charge in [0.1, 0.15) is 12.4 Å². The summed E-state index contributed by atoms with van der Waals surface area (Å²) in [7, 11) is 0. The van der Waals surface area contributed by atoms with Gasteiger partial charge in [-0.1, -0.05) is 12.1 Å². The number of benzene rings is 1. The highest BCUT2D eigenvalue weighted by Crippen LogP contribution is 2.18. The van der Waals surface area contributed by atoms with Crippen molar-refractivity contribution < 1.29 is 19.0 Å². The number of hydrogen-bond acceptors (Lipinski definition) is 4. The van der Waals surface area contributed by atoms with E-state index in [4.69, 9.17) is 14.2 Å². The first-order chi connectivity index (χ1) is 9.77. The van der Waals surface area contributed by atoms with Gasteiger partial charge in [-0.05, 0) is 37.8 Å². The van der Waals surface area contributed by atoms with Crippen LogP contribution in [-0.2, 0) is 9.47 Å². The third-order valence-electron chi connectivity index (χ3n) is 3.45. The molecule has 0 bridgehead atoms. The number of rotatable bonds is 7. The van der Waals surface area contributed by atoms with E-state index in [-0.39, 0.29) is 5.78 Å². The molecule has 0 spiro atoms. The van der Waals surface area contributed by atoms with E-state index in [1.54, 1.807) is 13.0 Å². The normalized spacial score (nSPS) is 16.1. The Kier molecular flexibility index (Phi) is 6.02. The predicted octanol–water partition coefficient (Wildman–Crippen LogP) is 2.71. The molecule has 1 aliphatic heterocycles. The van der Waals surface area contributed by atoms with Crippen LogP contribution in [0.15, 0.2) is 24.3 Å². The summed E-state index contributed by atoms with van der Waals surface area (Å²) >= 11 is 0. The maximum atomic E-state index is 11.4. The number of carbonyl (C=O) groups is 1. The van der Waals surface area contributed by atoms with E-state index in [2.05, 4.69) is 0 Å². The van der Waals surface area contributed by atoms with E-state index in [1.165, 1.54) is 0 Å². The lowest BCUT2D eigenvalue weighted by atomic mass is 10.0. The number of ketones is 1. The molecule has 2 rings (SSSR count). The molecule has 0 N–H and O–H groups in total. The Morgan fingerprint density at radius 3 is 2.75 bits per heavy atom. The van der Waals surface area contributed by atoms with Crippen molar-refractivity contribution >= 4 is 5.78 Å². The lowest BCUT2D eigenvalue weighted by molar-refractivity contribution is 0.0139. The molecule has 0 aromatic heterocycles. The minimum absolute atomic E-state index is 0.0173. The van der Waals surface area contributed by atoms with Crippen LogP contribution in [0, 0.1) is 5.92 Å². The first kappa shape index (κ1) is 15.0. The molecule has 4 nitrogen and oxygen atoms in total. The molecule has 1 saturated heterocycles. The van der Waals surface area contributed by atoms with Crippen molar-refractivity contribution in [2.45, 2.75) is 19.8 Å². The van der Waals surface area contributed by atoms with Gasteiger partial charge in [0.05, 0.1) is 12.2 Å². The minimum Gasteiger partial charge on any atom is -0.490 e. The Hall–Kier alpha value is -1.39. The van der Waals surface area contributed by atoms with Crippen molar-refractivity contribution in [3.8, 4) is 5.75 Å². The second-order valence-electron chi connectivity index (χ2n) is 5.03. The highest BCUT2D eigenvalue weighted by atomic mass is 16.5. The molecule has 0 saturated carbocycles. The SMILES string of the molecule is CC(=O)c1ccccc1OCCOCC1CCOCC1. The highest BCUT2D eigenvalue weighted by Gasteiger charge is 2.13. The largest absolute Gasteiger partial charge is 0.490 e. The Morgan fingerprint density at radius 2 is 2.00 bits per heavy atom. The molecule has 4 heteroatoms. The zero-order chi connectivity index (χ0) is 14.2. The molecule has 1 aliphatic rings. The first-order valence-electron chi connectivity index (χ1n) is 7.15. The van der Waals surface area contributed by atoms with Crippen LogP contribution in [0.3, 0.4) is 0 Å². The minimum atomic E-state index is 0.0173. The molecule has 0 amide bonds. The Bertz CT molecular complexity index is 424. The van der Waals surface area contributed by atoms with Crippen molar-refractivity contribution in [3.05, 3.63) is 29.8 Å². The van der Waals surface area contributed by atoms with Gasteiger partial charge >= 0.3 is 0 Å². The fourth-order valence-corrected chi connectivity index (χ4v) is 2.26. The zero-order valence-corrected chi connectivity index (χ0v) is 12.0. The van der Waals surface area contributed by atoms with Gasteiger partial charge in [-0.15, -0.1) is 0 Å². The van der Waals surface area contributed by atoms with Crippen LogP contribution in [0.1, 0.15) is 30.1 Å². The summed E-state index contributed by atoms with van der Waals surface area (Å²) in [5.41, 5.74) is 0.622. The molecule has 0 radical (unpaired) electrons. The standard InChI is InChI=1S/C16H22O4/c1-13(17)15-4-2-3-5-16(15)20-11-10-19-12-14-6-8-18-9-7-14/h2-5,14H,6-12H2,1H3. The molecule has 20 heavy (non-hydrogen) atoms. The summed E-state index contributed by atoms with van der Waals surface area (Å²) in [6.45, 7) is 5.01. The average Bonchev–Trinajstić information content (AvgIpc) is 2.48. The third-order valence-corrected chi connectivity index (χ3v) is 3.45. The summed E-state index contributed by atoms with van der Waals surface area (Å²) in [6, 6.07) is 7.30. The lowest BCUT2D eigenvalue weighted by Gasteiger charge is -2.21. The van der Waals surface area contributed by atoms with E-state index in [9.17, 15) is 4.79 Å². The molecule has 1 fully saturated rings. The topological polar surface area (TPSA) is 44.8 Å². The van der Waals surface area contributed by atoms with Crippen LogP contribution >= 0.6 is 0 Å². The summed E-state index contributed by atoms with van der Waals surface area (Å²) < 4.78 is 16.6. The van der Waals surface area contributed by atoms with Gasteiger partial charge in [0.25, 0.3) is 0 Å². The fraction of sp³-hybridized carbons (Fsp3) is 0.562. The van der Waals surface area contributed by atoms with Gasteiger partial charge in [0.2, 0.25) is 0 Å². The Morgan fingerprint density at radius 1 is 1.25 bits per heavy atom. The highest BCUT2D eigenvalue weighted by molar-refractivity contribution is 5.96. The van der Waals surface area contributed by atoms with Gasteiger partial charge in [-0.25, -0.2) is 0 Å². The number of carbonyl (C=O) groups excluding carboxylic acids is 1. The molecule has 0 aliphatic carbocycles. The van der Waals surface area contributed by atoms with Crippen LogP contribution in [-0.4, -0.2) is 38.8 Å². The molecule has 1 heterocycles. The van der Waals surface area contributed by atoms with E-state index in [0.29, 0.717) is 30.4 Å². The summed E-state index contributed by atoms with van der Waals surface area (Å²) in [5, 5.41) is 0. The Balaban J connectivity index is 1.67. The van der Waals surface area contributed by atoms with Crippen molar-refractivity contribution in [1.29, 1.82) is 0 Å². The van der Waals surface area contributed by atoms with Crippen LogP contribution in [0.4, 0.5) is 0 Å². The van der Waals surface area contributed by atoms with E-state index >= 15 is 0 Å². The number of ether oxygens (including phenoxy) is 3. The zero-order valence-electron chi connectivity index (χ0n) is 12.0. The van der Waals surface area contributed by atoms with Crippen molar-refractivity contribution in [1.82, 2.24) is 0 Å². The van der Waals surface area contributed by atoms with Crippen LogP contribution in [0.2, 0.25) is 0 Å². The quantitative estimate of drug-likeness (QED) is 0.568. The number of hydrogen-bond donors (Lipinski definition) is 0. The predicted molar refractivity (Wildman–Crippen MR) is 76.3 cm³/mol. The molecule has 0 unspecified atom stereocenters. The second-order valence-corrected chi connectivity index (χ2v) is 5.03. The third kappa shape index (κ3) is 4.62. The van der Waals surface area contributed by atoms with Gasteiger partial charge < -0.3 is 14.2 Å². The molecular formula is C16H22O4. The van der Waals surface area contributed by atoms with Gasteiger partial charge in [-0.2, -0.15) is 0 Å². The molecule has 0 atom stereocenters. The smallest absolute Gasteiger partial charge is 0.163 e. The first-order valence-corrected chi connectivity index (χ1v) is 7.15. The maximum Gasteiger partial charge on any atom is 0.163 e. The van der Waals surface area contributed by atoms with Crippen molar-refractivity contribution in [2.24, 2.45) is 5.92 Å². The van der Waals surface area contributed by atoms with Crippen molar-refractivity contribution in [3.63, 3.8) is 0 Å². The molecular weight excluding hydrogens is 256 g/mol. The average molecular weight is 278 g/mol. The monoisotopic (exact) mass is 278 g/mol. The summed E-state index contributed by atoms with van der Waals surface area (Å²) in [4.78, 5) is 11.4. The number of para-hydroxylation sites is 1. The van der Waals surface area contributed by atoms with Crippen LogP contribution in [0.5, 0.6) is 5.75 Å². The van der Waals surface area contributed by atoms with E-state index < -0.39 is 0 Å².